The molecule has 0 aliphatic carbocycles. The molecule has 0 atom stereocenters. The molecule has 0 radical (unpaired) electrons. The van der Waals surface area contributed by atoms with E-state index in [0.717, 1.165) is 12.1 Å². The zero-order chi connectivity index (χ0) is 12.3. The second-order valence-electron chi connectivity index (χ2n) is 3.02. The van der Waals surface area contributed by atoms with E-state index in [-0.39, 0.29) is 11.4 Å². The molecule has 2 aromatic heterocycles. The fourth-order valence-corrected chi connectivity index (χ4v) is 1.11. The largest absolute Gasteiger partial charge is 0.317 e. The number of anilines is 1. The summed E-state index contributed by atoms with van der Waals surface area (Å²) in [7, 11) is 0. The molecule has 0 bridgehead atoms. The Bertz CT molecular complexity index is 547. The van der Waals surface area contributed by atoms with Crippen molar-refractivity contribution in [2.24, 2.45) is 0 Å². The van der Waals surface area contributed by atoms with Gasteiger partial charge >= 0.3 is 0 Å². The van der Waals surface area contributed by atoms with Crippen LogP contribution < -0.4 is 5.32 Å². The minimum atomic E-state index is -1.10. The van der Waals surface area contributed by atoms with Crippen molar-refractivity contribution < 1.29 is 13.6 Å². The van der Waals surface area contributed by atoms with Gasteiger partial charge in [0.1, 0.15) is 5.69 Å². The van der Waals surface area contributed by atoms with E-state index in [9.17, 15) is 13.6 Å². The van der Waals surface area contributed by atoms with E-state index >= 15 is 0 Å². The number of halogens is 2. The number of carbonyl (C=O) groups is 1. The summed E-state index contributed by atoms with van der Waals surface area (Å²) in [6.07, 6.45) is 3.95. The van der Waals surface area contributed by atoms with Crippen LogP contribution in [0, 0.1) is 11.9 Å². The van der Waals surface area contributed by atoms with Gasteiger partial charge in [-0.05, 0) is 12.1 Å². The van der Waals surface area contributed by atoms with Crippen LogP contribution in [0.3, 0.4) is 0 Å². The average Bonchev–Trinajstić information content (AvgIpc) is 2.34. The fourth-order valence-electron chi connectivity index (χ4n) is 1.11. The normalized spacial score (nSPS) is 10.0. The van der Waals surface area contributed by atoms with Crippen molar-refractivity contribution in [3.63, 3.8) is 0 Å². The summed E-state index contributed by atoms with van der Waals surface area (Å²) in [6, 6.07) is 2.02. The summed E-state index contributed by atoms with van der Waals surface area (Å²) >= 11 is 0. The van der Waals surface area contributed by atoms with Gasteiger partial charge in [-0.25, -0.2) is 4.98 Å². The van der Waals surface area contributed by atoms with Crippen molar-refractivity contribution in [3.8, 4) is 0 Å². The van der Waals surface area contributed by atoms with Gasteiger partial charge in [0.25, 0.3) is 5.91 Å². The number of nitrogens with one attached hydrogen (secondary N) is 1. The lowest BCUT2D eigenvalue weighted by Crippen LogP contribution is -2.15. The maximum atomic E-state index is 13.1. The molecule has 86 valence electrons. The van der Waals surface area contributed by atoms with Gasteiger partial charge in [0.15, 0.2) is 0 Å². The number of aromatic nitrogens is 3. The minimum Gasteiger partial charge on any atom is -0.317 e. The van der Waals surface area contributed by atoms with E-state index in [2.05, 4.69) is 20.3 Å². The summed E-state index contributed by atoms with van der Waals surface area (Å²) in [4.78, 5) is 21.9. The Morgan fingerprint density at radius 3 is 2.71 bits per heavy atom. The second-order valence-corrected chi connectivity index (χ2v) is 3.02. The van der Waals surface area contributed by atoms with Crippen LogP contribution in [0.25, 0.3) is 0 Å². The van der Waals surface area contributed by atoms with Crippen molar-refractivity contribution in [3.05, 3.63) is 48.3 Å². The van der Waals surface area contributed by atoms with Gasteiger partial charge in [-0.2, -0.15) is 13.8 Å². The quantitative estimate of drug-likeness (QED) is 0.800. The highest BCUT2D eigenvalue weighted by molar-refractivity contribution is 6.02. The Hall–Kier alpha value is -2.44. The third-order valence-corrected chi connectivity index (χ3v) is 1.86. The highest BCUT2D eigenvalue weighted by atomic mass is 19.1. The minimum absolute atomic E-state index is 0.0243. The second kappa shape index (κ2) is 4.60. The average molecular weight is 236 g/mol. The molecule has 2 aromatic rings. The molecule has 17 heavy (non-hydrogen) atoms. The number of hydrogen-bond acceptors (Lipinski definition) is 4. The predicted octanol–water partition coefficient (Wildman–Crippen LogP) is 1.40. The summed E-state index contributed by atoms with van der Waals surface area (Å²) in [5.41, 5.74) is -0.196. The molecule has 0 aromatic carbocycles. The van der Waals surface area contributed by atoms with Gasteiger partial charge in [-0.15, -0.1) is 0 Å². The number of amides is 1. The van der Waals surface area contributed by atoms with Gasteiger partial charge in [-0.3, -0.25) is 9.78 Å². The van der Waals surface area contributed by atoms with Crippen molar-refractivity contribution in [1.29, 1.82) is 0 Å². The molecule has 0 aliphatic rings. The Labute approximate surface area is 94.6 Å². The van der Waals surface area contributed by atoms with Gasteiger partial charge in [-0.1, -0.05) is 0 Å². The van der Waals surface area contributed by atoms with Crippen LogP contribution >= 0.6 is 0 Å². The SMILES string of the molecule is O=C(Nc1ccc(F)nc1F)c1cnccn1. The molecular formula is C10H6F2N4O. The van der Waals surface area contributed by atoms with Crippen LogP contribution in [0.5, 0.6) is 0 Å². The molecule has 1 N–H and O–H groups in total. The van der Waals surface area contributed by atoms with Crippen LogP contribution in [0.2, 0.25) is 0 Å². The topological polar surface area (TPSA) is 67.8 Å². The summed E-state index contributed by atoms with van der Waals surface area (Å²) in [6.45, 7) is 0. The van der Waals surface area contributed by atoms with E-state index in [1.165, 1.54) is 18.6 Å². The van der Waals surface area contributed by atoms with E-state index in [1.54, 1.807) is 0 Å². The zero-order valence-corrected chi connectivity index (χ0v) is 8.39. The summed E-state index contributed by atoms with van der Waals surface area (Å²) < 4.78 is 25.6. The maximum Gasteiger partial charge on any atom is 0.275 e. The van der Waals surface area contributed by atoms with Crippen LogP contribution in [-0.2, 0) is 0 Å². The van der Waals surface area contributed by atoms with E-state index in [4.69, 9.17) is 0 Å². The van der Waals surface area contributed by atoms with Crippen LogP contribution in [0.4, 0.5) is 14.5 Å². The molecule has 0 unspecified atom stereocenters. The monoisotopic (exact) mass is 236 g/mol. The van der Waals surface area contributed by atoms with Crippen LogP contribution in [0.1, 0.15) is 10.5 Å². The first-order valence-electron chi connectivity index (χ1n) is 4.56. The van der Waals surface area contributed by atoms with Gasteiger partial charge in [0, 0.05) is 12.4 Å². The number of carbonyl (C=O) groups excluding carboxylic acids is 1. The summed E-state index contributed by atoms with van der Waals surface area (Å²) in [5.74, 6) is -2.70. The van der Waals surface area contributed by atoms with Crippen LogP contribution in [-0.4, -0.2) is 20.9 Å². The Balaban J connectivity index is 2.19. The smallest absolute Gasteiger partial charge is 0.275 e. The van der Waals surface area contributed by atoms with Crippen molar-refractivity contribution in [1.82, 2.24) is 15.0 Å². The summed E-state index contributed by atoms with van der Waals surface area (Å²) in [5, 5.41) is 2.21. The van der Waals surface area contributed by atoms with Crippen LogP contribution in [0.15, 0.2) is 30.7 Å². The highest BCUT2D eigenvalue weighted by Crippen LogP contribution is 2.12. The molecule has 0 aliphatic heterocycles. The Morgan fingerprint density at radius 1 is 1.24 bits per heavy atom. The highest BCUT2D eigenvalue weighted by Gasteiger charge is 2.11. The maximum absolute atomic E-state index is 13.1. The van der Waals surface area contributed by atoms with Crippen molar-refractivity contribution in [2.75, 3.05) is 5.32 Å². The van der Waals surface area contributed by atoms with Gasteiger partial charge < -0.3 is 5.32 Å². The molecule has 2 rings (SSSR count). The lowest BCUT2D eigenvalue weighted by molar-refractivity contribution is 0.102. The fraction of sp³-hybridized carbons (Fsp3) is 0. The van der Waals surface area contributed by atoms with E-state index in [0.29, 0.717) is 0 Å². The lowest BCUT2D eigenvalue weighted by Gasteiger charge is -2.04. The van der Waals surface area contributed by atoms with E-state index in [1.807, 2.05) is 0 Å². The van der Waals surface area contributed by atoms with Crippen molar-refractivity contribution in [2.45, 2.75) is 0 Å². The predicted molar refractivity (Wildman–Crippen MR) is 54.1 cm³/mol. The molecule has 0 saturated carbocycles. The number of nitrogens with zero attached hydrogens (tertiary/aromatic N) is 3. The molecule has 7 heteroatoms. The lowest BCUT2D eigenvalue weighted by atomic mass is 10.3. The first kappa shape index (κ1) is 11.1. The number of pyridine rings is 1. The molecule has 0 saturated heterocycles. The first-order valence-corrected chi connectivity index (χ1v) is 4.56. The molecule has 2 heterocycles. The Kier molecular flexibility index (Phi) is 2.99. The molecule has 5 nitrogen and oxygen atoms in total. The molecule has 1 amide bonds. The number of rotatable bonds is 2. The van der Waals surface area contributed by atoms with Gasteiger partial charge in [0.2, 0.25) is 11.9 Å². The van der Waals surface area contributed by atoms with Crippen molar-refractivity contribution >= 4 is 11.6 Å². The molecule has 0 spiro atoms. The van der Waals surface area contributed by atoms with Gasteiger partial charge in [0.05, 0.1) is 11.9 Å². The first-order chi connectivity index (χ1) is 8.16. The third-order valence-electron chi connectivity index (χ3n) is 1.86. The molecule has 0 fully saturated rings. The van der Waals surface area contributed by atoms with E-state index < -0.39 is 17.8 Å². The standard InChI is InChI=1S/C10H6F2N4O/c11-8-2-1-6(9(12)16-8)15-10(17)7-5-13-3-4-14-7/h1-5H,(H,15,17). The zero-order valence-electron chi connectivity index (χ0n) is 8.39. The number of hydrogen-bond donors (Lipinski definition) is 1. The third kappa shape index (κ3) is 2.57. The molecular weight excluding hydrogens is 230 g/mol. The Morgan fingerprint density at radius 2 is 2.06 bits per heavy atom.